The summed E-state index contributed by atoms with van der Waals surface area (Å²) in [7, 11) is 0. The second kappa shape index (κ2) is 7.99. The number of rotatable bonds is 7. The molecule has 1 rings (SSSR count). The highest BCUT2D eigenvalue weighted by molar-refractivity contribution is 5.80. The Hall–Kier alpha value is -1.30. The van der Waals surface area contributed by atoms with Crippen molar-refractivity contribution in [2.45, 2.75) is 39.2 Å². The molecule has 0 saturated carbocycles. The van der Waals surface area contributed by atoms with Gasteiger partial charge in [0.2, 0.25) is 0 Å². The van der Waals surface area contributed by atoms with Crippen LogP contribution < -0.4 is 5.32 Å². The van der Waals surface area contributed by atoms with Gasteiger partial charge < -0.3 is 20.1 Å². The van der Waals surface area contributed by atoms with E-state index in [9.17, 15) is 9.59 Å². The molecule has 2 amide bonds. The van der Waals surface area contributed by atoms with Gasteiger partial charge in [-0.25, -0.2) is 4.79 Å². The van der Waals surface area contributed by atoms with Gasteiger partial charge in [0.25, 0.3) is 0 Å². The number of hydrogen-bond acceptors (Lipinski definition) is 3. The SMILES string of the molecule is CCC(C)N(CC(=O)O)C(=O)NCCC1CCOC1. The fourth-order valence-corrected chi connectivity index (χ4v) is 2.09. The van der Waals surface area contributed by atoms with Crippen molar-refractivity contribution in [2.24, 2.45) is 5.92 Å². The maximum atomic E-state index is 12.0. The molecule has 1 aliphatic heterocycles. The summed E-state index contributed by atoms with van der Waals surface area (Å²) in [6.45, 7) is 5.67. The van der Waals surface area contributed by atoms with Crippen molar-refractivity contribution in [1.82, 2.24) is 10.2 Å². The minimum atomic E-state index is -0.986. The number of amides is 2. The van der Waals surface area contributed by atoms with E-state index in [0.29, 0.717) is 12.5 Å². The van der Waals surface area contributed by atoms with Gasteiger partial charge in [-0.05, 0) is 32.1 Å². The molecule has 0 aromatic rings. The molecular weight excluding hydrogens is 248 g/mol. The maximum absolute atomic E-state index is 12.0. The van der Waals surface area contributed by atoms with Gasteiger partial charge in [-0.15, -0.1) is 0 Å². The van der Waals surface area contributed by atoms with Crippen LogP contribution in [0.1, 0.15) is 33.1 Å². The number of ether oxygens (including phenoxy) is 1. The number of carboxylic acids is 1. The normalized spacial score (nSPS) is 20.0. The number of nitrogens with zero attached hydrogens (tertiary/aromatic N) is 1. The number of carbonyl (C=O) groups excluding carboxylic acids is 1. The Morgan fingerprint density at radius 1 is 1.53 bits per heavy atom. The van der Waals surface area contributed by atoms with Crippen LogP contribution in [0, 0.1) is 5.92 Å². The van der Waals surface area contributed by atoms with Gasteiger partial charge in [-0.1, -0.05) is 6.92 Å². The van der Waals surface area contributed by atoms with Crippen molar-refractivity contribution >= 4 is 12.0 Å². The van der Waals surface area contributed by atoms with Gasteiger partial charge >= 0.3 is 12.0 Å². The molecule has 6 heteroatoms. The molecule has 0 aromatic carbocycles. The molecule has 1 aliphatic rings. The predicted octanol–water partition coefficient (Wildman–Crippen LogP) is 1.31. The van der Waals surface area contributed by atoms with Gasteiger partial charge in [-0.3, -0.25) is 4.79 Å². The minimum Gasteiger partial charge on any atom is -0.480 e. The molecule has 2 atom stereocenters. The zero-order valence-corrected chi connectivity index (χ0v) is 11.7. The molecule has 0 bridgehead atoms. The first kappa shape index (κ1) is 15.8. The lowest BCUT2D eigenvalue weighted by atomic mass is 10.1. The van der Waals surface area contributed by atoms with Crippen LogP contribution in [0.4, 0.5) is 4.79 Å². The monoisotopic (exact) mass is 272 g/mol. The molecule has 0 aliphatic carbocycles. The van der Waals surface area contributed by atoms with E-state index in [1.54, 1.807) is 0 Å². The molecular formula is C13H24N2O4. The molecule has 0 aromatic heterocycles. The van der Waals surface area contributed by atoms with Gasteiger partial charge in [-0.2, -0.15) is 0 Å². The van der Waals surface area contributed by atoms with Crippen molar-refractivity contribution in [3.63, 3.8) is 0 Å². The molecule has 1 saturated heterocycles. The Kier molecular flexibility index (Phi) is 6.62. The van der Waals surface area contributed by atoms with E-state index in [4.69, 9.17) is 9.84 Å². The first-order chi connectivity index (χ1) is 9.04. The highest BCUT2D eigenvalue weighted by Gasteiger charge is 2.22. The Morgan fingerprint density at radius 2 is 2.26 bits per heavy atom. The van der Waals surface area contributed by atoms with Gasteiger partial charge in [0.05, 0.1) is 0 Å². The molecule has 2 unspecified atom stereocenters. The van der Waals surface area contributed by atoms with Crippen molar-refractivity contribution in [2.75, 3.05) is 26.3 Å². The highest BCUT2D eigenvalue weighted by atomic mass is 16.5. The van der Waals surface area contributed by atoms with Crippen LogP contribution in [0.5, 0.6) is 0 Å². The van der Waals surface area contributed by atoms with E-state index < -0.39 is 5.97 Å². The average molecular weight is 272 g/mol. The summed E-state index contributed by atoms with van der Waals surface area (Å²) in [5.74, 6) is -0.475. The van der Waals surface area contributed by atoms with Crippen LogP contribution in [0.3, 0.4) is 0 Å². The number of aliphatic carboxylic acids is 1. The summed E-state index contributed by atoms with van der Waals surface area (Å²) < 4.78 is 5.27. The number of carboxylic acid groups (broad SMARTS) is 1. The molecule has 19 heavy (non-hydrogen) atoms. The quantitative estimate of drug-likeness (QED) is 0.732. The zero-order valence-electron chi connectivity index (χ0n) is 11.7. The van der Waals surface area contributed by atoms with Crippen LogP contribution in [-0.2, 0) is 9.53 Å². The van der Waals surface area contributed by atoms with Crippen molar-refractivity contribution in [1.29, 1.82) is 0 Å². The van der Waals surface area contributed by atoms with Crippen LogP contribution >= 0.6 is 0 Å². The topological polar surface area (TPSA) is 78.9 Å². The number of nitrogens with one attached hydrogen (secondary N) is 1. The first-order valence-electron chi connectivity index (χ1n) is 6.88. The average Bonchev–Trinajstić information content (AvgIpc) is 2.87. The third-order valence-corrected chi connectivity index (χ3v) is 3.54. The first-order valence-corrected chi connectivity index (χ1v) is 6.88. The molecule has 1 fully saturated rings. The fourth-order valence-electron chi connectivity index (χ4n) is 2.09. The van der Waals surface area contributed by atoms with Crippen molar-refractivity contribution in [3.8, 4) is 0 Å². The minimum absolute atomic E-state index is 0.0779. The molecule has 2 N–H and O–H groups in total. The third kappa shape index (κ3) is 5.46. The van der Waals surface area contributed by atoms with E-state index in [-0.39, 0.29) is 18.6 Å². The second-order valence-corrected chi connectivity index (χ2v) is 5.03. The van der Waals surface area contributed by atoms with Crippen molar-refractivity contribution in [3.05, 3.63) is 0 Å². The van der Waals surface area contributed by atoms with E-state index in [0.717, 1.165) is 32.5 Å². The lowest BCUT2D eigenvalue weighted by molar-refractivity contribution is -0.138. The van der Waals surface area contributed by atoms with Crippen LogP contribution in [0.2, 0.25) is 0 Å². The van der Waals surface area contributed by atoms with Gasteiger partial charge in [0.15, 0.2) is 0 Å². The van der Waals surface area contributed by atoms with Crippen LogP contribution in [-0.4, -0.2) is 54.4 Å². The lowest BCUT2D eigenvalue weighted by Gasteiger charge is -2.27. The fraction of sp³-hybridized carbons (Fsp3) is 0.846. The maximum Gasteiger partial charge on any atom is 0.323 e. The Morgan fingerprint density at radius 3 is 2.79 bits per heavy atom. The van der Waals surface area contributed by atoms with Crippen molar-refractivity contribution < 1.29 is 19.4 Å². The summed E-state index contributed by atoms with van der Waals surface area (Å²) in [6.07, 6.45) is 2.66. The largest absolute Gasteiger partial charge is 0.480 e. The van der Waals surface area contributed by atoms with E-state index in [1.807, 2.05) is 13.8 Å². The van der Waals surface area contributed by atoms with E-state index >= 15 is 0 Å². The van der Waals surface area contributed by atoms with Crippen LogP contribution in [0.25, 0.3) is 0 Å². The summed E-state index contributed by atoms with van der Waals surface area (Å²) in [5, 5.41) is 11.6. The predicted molar refractivity (Wildman–Crippen MR) is 71.0 cm³/mol. The molecule has 110 valence electrons. The Labute approximate surface area is 114 Å². The second-order valence-electron chi connectivity index (χ2n) is 5.03. The summed E-state index contributed by atoms with van der Waals surface area (Å²) in [5.41, 5.74) is 0. The standard InChI is InChI=1S/C13H24N2O4/c1-3-10(2)15(8-12(16)17)13(18)14-6-4-11-5-7-19-9-11/h10-11H,3-9H2,1-2H3,(H,14,18)(H,16,17). The Bertz CT molecular complexity index is 303. The Balaban J connectivity index is 2.35. The third-order valence-electron chi connectivity index (χ3n) is 3.54. The summed E-state index contributed by atoms with van der Waals surface area (Å²) in [6, 6.07) is -0.374. The number of urea groups is 1. The molecule has 0 radical (unpaired) electrons. The van der Waals surface area contributed by atoms with Gasteiger partial charge in [0, 0.05) is 25.8 Å². The lowest BCUT2D eigenvalue weighted by Crippen LogP contribution is -2.47. The molecule has 6 nitrogen and oxygen atoms in total. The van der Waals surface area contributed by atoms with E-state index in [2.05, 4.69) is 5.32 Å². The number of carbonyl (C=O) groups is 2. The smallest absolute Gasteiger partial charge is 0.323 e. The summed E-state index contributed by atoms with van der Waals surface area (Å²) in [4.78, 5) is 24.1. The number of hydrogen-bond donors (Lipinski definition) is 2. The van der Waals surface area contributed by atoms with Gasteiger partial charge in [0.1, 0.15) is 6.54 Å². The van der Waals surface area contributed by atoms with Crippen LogP contribution in [0.15, 0.2) is 0 Å². The summed E-state index contributed by atoms with van der Waals surface area (Å²) >= 11 is 0. The molecule has 1 heterocycles. The molecule has 0 spiro atoms. The zero-order chi connectivity index (χ0) is 14.3. The highest BCUT2D eigenvalue weighted by Crippen LogP contribution is 2.15. The van der Waals surface area contributed by atoms with E-state index in [1.165, 1.54) is 4.90 Å².